The average molecular weight is 610 g/mol. The van der Waals surface area contributed by atoms with Crippen molar-refractivity contribution in [2.24, 2.45) is 0 Å². The maximum Gasteiger partial charge on any atom is 0.266 e. The molecule has 216 valence electrons. The summed E-state index contributed by atoms with van der Waals surface area (Å²) in [6, 6.07) is 13.6. The van der Waals surface area contributed by atoms with Crippen molar-refractivity contribution in [1.29, 1.82) is 0 Å². The van der Waals surface area contributed by atoms with Crippen LogP contribution in [-0.4, -0.2) is 68.6 Å². The zero-order valence-electron chi connectivity index (χ0n) is 22.4. The summed E-state index contributed by atoms with van der Waals surface area (Å²) in [6.45, 7) is 4.48. The maximum absolute atomic E-state index is 13.9. The molecule has 0 bridgehead atoms. The van der Waals surface area contributed by atoms with E-state index in [1.165, 1.54) is 10.4 Å². The number of carbonyl (C=O) groups is 1. The molecule has 0 spiro atoms. The Kier molecular flexibility index (Phi) is 10.8. The van der Waals surface area contributed by atoms with E-state index in [9.17, 15) is 21.6 Å². The summed E-state index contributed by atoms with van der Waals surface area (Å²) >= 11 is 6.25. The monoisotopic (exact) mass is 609 g/mol. The smallest absolute Gasteiger partial charge is 0.266 e. The third-order valence-electron chi connectivity index (χ3n) is 6.31. The molecule has 1 atom stereocenters. The third-order valence-corrected chi connectivity index (χ3v) is 9.55. The standard InChI is InChI=1S/C27H32ClN3O7S2/c1-19-17-29-11-10-24(19)23-7-4-6-22(16-23)21(3)31(40(36,37)26-9-5-8-25(28)20(26)2)13-14-38-18-27(32)30-12-15-39(33,34)35/h4-11,16-17,21H,12-15,18H2,1-3H3,(H,30,32)(H,33,34,35)/t21-/m0/s1. The first kappa shape index (κ1) is 31.7. The summed E-state index contributed by atoms with van der Waals surface area (Å²) in [7, 11) is -8.26. The van der Waals surface area contributed by atoms with Gasteiger partial charge in [-0.15, -0.1) is 0 Å². The Morgan fingerprint density at radius 2 is 1.85 bits per heavy atom. The highest BCUT2D eigenvalue weighted by atomic mass is 35.5. The molecule has 2 N–H and O–H groups in total. The van der Waals surface area contributed by atoms with Crippen LogP contribution < -0.4 is 5.32 Å². The number of carbonyl (C=O) groups excluding carboxylic acids is 1. The Morgan fingerprint density at radius 1 is 1.12 bits per heavy atom. The molecule has 2 aromatic carbocycles. The number of aryl methyl sites for hydroxylation is 1. The van der Waals surface area contributed by atoms with Crippen LogP contribution in [0.1, 0.15) is 29.7 Å². The van der Waals surface area contributed by atoms with E-state index in [2.05, 4.69) is 10.3 Å². The molecule has 3 rings (SSSR count). The fraction of sp³-hybridized carbons (Fsp3) is 0.333. The second-order valence-electron chi connectivity index (χ2n) is 9.16. The number of sulfonamides is 1. The van der Waals surface area contributed by atoms with E-state index in [1.807, 2.05) is 37.3 Å². The van der Waals surface area contributed by atoms with Gasteiger partial charge in [-0.2, -0.15) is 12.7 Å². The highest BCUT2D eigenvalue weighted by Gasteiger charge is 2.31. The average Bonchev–Trinajstić information content (AvgIpc) is 2.89. The van der Waals surface area contributed by atoms with Gasteiger partial charge in [0.05, 0.1) is 17.3 Å². The molecule has 0 aliphatic heterocycles. The fourth-order valence-corrected chi connectivity index (χ4v) is 6.58. The van der Waals surface area contributed by atoms with Crippen molar-refractivity contribution in [2.45, 2.75) is 31.7 Å². The van der Waals surface area contributed by atoms with E-state index in [-0.39, 0.29) is 24.6 Å². The third kappa shape index (κ3) is 8.32. The number of nitrogens with zero attached hydrogens (tertiary/aromatic N) is 2. The van der Waals surface area contributed by atoms with Crippen LogP contribution in [0.5, 0.6) is 0 Å². The number of hydrogen-bond acceptors (Lipinski definition) is 7. The van der Waals surface area contributed by atoms with E-state index in [1.54, 1.807) is 38.4 Å². The highest BCUT2D eigenvalue weighted by molar-refractivity contribution is 7.89. The van der Waals surface area contributed by atoms with Crippen molar-refractivity contribution >= 4 is 37.6 Å². The zero-order valence-corrected chi connectivity index (χ0v) is 24.8. The minimum Gasteiger partial charge on any atom is -0.370 e. The lowest BCUT2D eigenvalue weighted by atomic mass is 9.98. The largest absolute Gasteiger partial charge is 0.370 e. The summed E-state index contributed by atoms with van der Waals surface area (Å²) in [5.74, 6) is -1.23. The number of aromatic nitrogens is 1. The van der Waals surface area contributed by atoms with Gasteiger partial charge in [0, 0.05) is 36.5 Å². The zero-order chi connectivity index (χ0) is 29.5. The van der Waals surface area contributed by atoms with Crippen molar-refractivity contribution < 1.29 is 30.9 Å². The van der Waals surface area contributed by atoms with Crippen LogP contribution in [0.4, 0.5) is 0 Å². The predicted octanol–water partition coefficient (Wildman–Crippen LogP) is 3.79. The van der Waals surface area contributed by atoms with E-state index in [0.717, 1.165) is 22.3 Å². The number of nitrogens with one attached hydrogen (secondary N) is 1. The second kappa shape index (κ2) is 13.7. The fourth-order valence-electron chi connectivity index (χ4n) is 4.13. The summed E-state index contributed by atoms with van der Waals surface area (Å²) in [5.41, 5.74) is 4.04. The second-order valence-corrected chi connectivity index (χ2v) is 13.0. The summed E-state index contributed by atoms with van der Waals surface area (Å²) in [5, 5.41) is 2.64. The molecule has 3 aromatic rings. The van der Waals surface area contributed by atoms with Crippen LogP contribution >= 0.6 is 11.6 Å². The topological polar surface area (TPSA) is 143 Å². The minimum atomic E-state index is -4.21. The molecule has 1 aromatic heterocycles. The summed E-state index contributed by atoms with van der Waals surface area (Å²) in [6.07, 6.45) is 3.47. The van der Waals surface area contributed by atoms with Gasteiger partial charge >= 0.3 is 0 Å². The van der Waals surface area contributed by atoms with Crippen LogP contribution in [0, 0.1) is 13.8 Å². The van der Waals surface area contributed by atoms with E-state index >= 15 is 0 Å². The summed E-state index contributed by atoms with van der Waals surface area (Å²) < 4.78 is 65.0. The van der Waals surface area contributed by atoms with Gasteiger partial charge in [-0.1, -0.05) is 35.9 Å². The molecule has 13 heteroatoms. The Balaban J connectivity index is 1.84. The lowest BCUT2D eigenvalue weighted by molar-refractivity contribution is -0.125. The van der Waals surface area contributed by atoms with E-state index < -0.39 is 44.5 Å². The predicted molar refractivity (Wildman–Crippen MR) is 153 cm³/mol. The highest BCUT2D eigenvalue weighted by Crippen LogP contribution is 2.33. The molecule has 40 heavy (non-hydrogen) atoms. The molecule has 0 aliphatic carbocycles. The van der Waals surface area contributed by atoms with Gasteiger partial charge in [0.25, 0.3) is 10.1 Å². The first-order valence-corrected chi connectivity index (χ1v) is 15.8. The van der Waals surface area contributed by atoms with Gasteiger partial charge in [-0.05, 0) is 72.9 Å². The Labute approximate surface area is 240 Å². The maximum atomic E-state index is 13.9. The van der Waals surface area contributed by atoms with Gasteiger partial charge in [0.15, 0.2) is 0 Å². The molecule has 10 nitrogen and oxygen atoms in total. The molecule has 0 unspecified atom stereocenters. The van der Waals surface area contributed by atoms with Crippen molar-refractivity contribution in [1.82, 2.24) is 14.6 Å². The molecular weight excluding hydrogens is 578 g/mol. The Hall–Kier alpha value is -2.87. The number of rotatable bonds is 13. The van der Waals surface area contributed by atoms with Gasteiger partial charge in [0.1, 0.15) is 6.61 Å². The van der Waals surface area contributed by atoms with Crippen LogP contribution in [0.25, 0.3) is 11.1 Å². The SMILES string of the molecule is Cc1cnccc1-c1cccc([C@H](C)N(CCOCC(=O)NCCS(=O)(=O)O)S(=O)(=O)c2cccc(Cl)c2C)c1. The minimum absolute atomic E-state index is 0.0657. The number of amides is 1. The van der Waals surface area contributed by atoms with Gasteiger partial charge in [-0.3, -0.25) is 14.3 Å². The van der Waals surface area contributed by atoms with Gasteiger partial charge in [0.2, 0.25) is 15.9 Å². The first-order chi connectivity index (χ1) is 18.8. The van der Waals surface area contributed by atoms with Crippen LogP contribution in [-0.2, 0) is 29.7 Å². The summed E-state index contributed by atoms with van der Waals surface area (Å²) in [4.78, 5) is 16.2. The van der Waals surface area contributed by atoms with Crippen molar-refractivity contribution in [2.75, 3.05) is 32.1 Å². The Morgan fingerprint density at radius 3 is 2.55 bits per heavy atom. The molecule has 1 amide bonds. The van der Waals surface area contributed by atoms with Crippen molar-refractivity contribution in [3.8, 4) is 11.1 Å². The molecular formula is C27H32ClN3O7S2. The Bertz CT molecular complexity index is 1560. The van der Waals surface area contributed by atoms with Crippen LogP contribution in [0.2, 0.25) is 5.02 Å². The molecule has 0 saturated carbocycles. The number of halogens is 1. The van der Waals surface area contributed by atoms with E-state index in [0.29, 0.717) is 10.6 Å². The lowest BCUT2D eigenvalue weighted by Gasteiger charge is -2.29. The number of ether oxygens (including phenoxy) is 1. The molecule has 0 radical (unpaired) electrons. The lowest BCUT2D eigenvalue weighted by Crippen LogP contribution is -2.37. The molecule has 0 aliphatic rings. The number of benzene rings is 2. The first-order valence-electron chi connectivity index (χ1n) is 12.4. The molecule has 0 fully saturated rings. The van der Waals surface area contributed by atoms with Crippen molar-refractivity contribution in [3.63, 3.8) is 0 Å². The van der Waals surface area contributed by atoms with E-state index in [4.69, 9.17) is 20.9 Å². The number of pyridine rings is 1. The molecule has 1 heterocycles. The quantitative estimate of drug-likeness (QED) is 0.220. The van der Waals surface area contributed by atoms with Crippen molar-refractivity contribution in [3.05, 3.63) is 82.6 Å². The normalized spacial score (nSPS) is 12.8. The van der Waals surface area contributed by atoms with Crippen LogP contribution in [0.3, 0.4) is 0 Å². The van der Waals surface area contributed by atoms with Gasteiger partial charge in [-0.25, -0.2) is 8.42 Å². The number of hydrogen-bond donors (Lipinski definition) is 2. The van der Waals surface area contributed by atoms with Crippen LogP contribution in [0.15, 0.2) is 65.8 Å². The van der Waals surface area contributed by atoms with Gasteiger partial charge < -0.3 is 10.1 Å². The molecule has 0 saturated heterocycles.